The molecule has 0 saturated carbocycles. The molecule has 0 spiro atoms. The maximum absolute atomic E-state index is 9.53. The van der Waals surface area contributed by atoms with Gasteiger partial charge in [-0.25, -0.2) is 0 Å². The van der Waals surface area contributed by atoms with Gasteiger partial charge in [0.15, 0.2) is 0 Å². The second kappa shape index (κ2) is 7.57. The lowest BCUT2D eigenvalue weighted by molar-refractivity contribution is 0.314. The molecule has 2 aromatic rings. The largest absolute Gasteiger partial charge is 0.508 e. The van der Waals surface area contributed by atoms with Crippen LogP contribution in [0, 0.1) is 5.92 Å². The Labute approximate surface area is 137 Å². The molecule has 1 aliphatic heterocycles. The summed E-state index contributed by atoms with van der Waals surface area (Å²) in [5.41, 5.74) is 2.07. The zero-order chi connectivity index (χ0) is 16.1. The summed E-state index contributed by atoms with van der Waals surface area (Å²) < 4.78 is 1.97. The van der Waals surface area contributed by atoms with Gasteiger partial charge in [-0.3, -0.25) is 9.58 Å². The minimum Gasteiger partial charge on any atom is -0.508 e. The van der Waals surface area contributed by atoms with Crippen molar-refractivity contribution in [2.24, 2.45) is 5.92 Å². The molecule has 2 heterocycles. The molecule has 0 bridgehead atoms. The fraction of sp³-hybridized carbons (Fsp3) is 0.529. The van der Waals surface area contributed by atoms with Gasteiger partial charge >= 0.3 is 0 Å². The third kappa shape index (κ3) is 4.77. The number of piperidine rings is 1. The highest BCUT2D eigenvalue weighted by atomic mass is 16.3. The third-order valence-electron chi connectivity index (χ3n) is 4.23. The molecule has 1 saturated heterocycles. The number of hydrogen-bond acceptors (Lipinski definition) is 5. The first-order chi connectivity index (χ1) is 11.2. The van der Waals surface area contributed by atoms with Gasteiger partial charge < -0.3 is 10.4 Å². The summed E-state index contributed by atoms with van der Waals surface area (Å²) in [5, 5.41) is 21.5. The van der Waals surface area contributed by atoms with E-state index in [1.165, 1.54) is 12.8 Å². The van der Waals surface area contributed by atoms with E-state index in [1.54, 1.807) is 12.1 Å². The maximum atomic E-state index is 9.53. The lowest BCUT2D eigenvalue weighted by atomic mass is 10.00. The Morgan fingerprint density at radius 2 is 2.30 bits per heavy atom. The van der Waals surface area contributed by atoms with Crippen LogP contribution >= 0.6 is 0 Å². The lowest BCUT2D eigenvalue weighted by Gasteiger charge is -2.22. The van der Waals surface area contributed by atoms with Gasteiger partial charge in [0.1, 0.15) is 5.75 Å². The van der Waals surface area contributed by atoms with Gasteiger partial charge in [0.2, 0.25) is 0 Å². The van der Waals surface area contributed by atoms with E-state index in [9.17, 15) is 5.11 Å². The molecule has 1 aromatic carbocycles. The summed E-state index contributed by atoms with van der Waals surface area (Å²) in [6.07, 6.45) is 4.56. The van der Waals surface area contributed by atoms with E-state index >= 15 is 0 Å². The fourth-order valence-electron chi connectivity index (χ4n) is 3.14. The molecule has 0 radical (unpaired) electrons. The average molecular weight is 315 g/mol. The highest BCUT2D eigenvalue weighted by Crippen LogP contribution is 2.14. The van der Waals surface area contributed by atoms with Gasteiger partial charge in [-0.2, -0.15) is 0 Å². The standard InChI is InChI=1S/C17H25N5O/c1-21(10-14-4-2-6-17(23)8-14)12-16-13-22(20-19-16)11-15-5-3-7-18-9-15/h2,4,6,8,13,15,18,23H,3,5,7,9-12H2,1H3/t15-/m1/s1. The second-order valence-corrected chi connectivity index (χ2v) is 6.49. The smallest absolute Gasteiger partial charge is 0.115 e. The van der Waals surface area contributed by atoms with Gasteiger partial charge in [0.05, 0.1) is 5.69 Å². The highest BCUT2D eigenvalue weighted by Gasteiger charge is 2.14. The summed E-state index contributed by atoms with van der Waals surface area (Å²) in [6.45, 7) is 4.67. The van der Waals surface area contributed by atoms with Crippen LogP contribution in [-0.4, -0.2) is 45.1 Å². The van der Waals surface area contributed by atoms with Gasteiger partial charge in [-0.15, -0.1) is 5.10 Å². The van der Waals surface area contributed by atoms with Crippen molar-refractivity contribution < 1.29 is 5.11 Å². The molecule has 1 fully saturated rings. The van der Waals surface area contributed by atoms with Gasteiger partial charge in [0.25, 0.3) is 0 Å². The number of aromatic hydroxyl groups is 1. The van der Waals surface area contributed by atoms with Gasteiger partial charge in [-0.1, -0.05) is 17.3 Å². The topological polar surface area (TPSA) is 66.2 Å². The van der Waals surface area contributed by atoms with Crippen LogP contribution in [0.3, 0.4) is 0 Å². The zero-order valence-electron chi connectivity index (χ0n) is 13.6. The third-order valence-corrected chi connectivity index (χ3v) is 4.23. The fourth-order valence-corrected chi connectivity index (χ4v) is 3.14. The average Bonchev–Trinajstić information content (AvgIpc) is 2.95. The molecular weight excluding hydrogens is 290 g/mol. The minimum atomic E-state index is 0.308. The van der Waals surface area contributed by atoms with Crippen LogP contribution in [0.5, 0.6) is 5.75 Å². The van der Waals surface area contributed by atoms with Crippen molar-refractivity contribution in [2.75, 3.05) is 20.1 Å². The molecular formula is C17H25N5O. The van der Waals surface area contributed by atoms with E-state index in [1.807, 2.05) is 30.1 Å². The van der Waals surface area contributed by atoms with Crippen molar-refractivity contribution in [2.45, 2.75) is 32.5 Å². The van der Waals surface area contributed by atoms with Crippen molar-refractivity contribution >= 4 is 0 Å². The monoisotopic (exact) mass is 315 g/mol. The summed E-state index contributed by atoms with van der Waals surface area (Å²) in [6, 6.07) is 7.37. The molecule has 2 N–H and O–H groups in total. The molecule has 1 aromatic heterocycles. The molecule has 0 amide bonds. The first-order valence-electron chi connectivity index (χ1n) is 8.25. The first kappa shape index (κ1) is 16.0. The summed E-state index contributed by atoms with van der Waals surface area (Å²) in [5.74, 6) is 0.964. The first-order valence-corrected chi connectivity index (χ1v) is 8.25. The van der Waals surface area contributed by atoms with E-state index in [0.29, 0.717) is 11.7 Å². The molecule has 124 valence electrons. The molecule has 6 nitrogen and oxygen atoms in total. The summed E-state index contributed by atoms with van der Waals surface area (Å²) in [7, 11) is 2.05. The van der Waals surface area contributed by atoms with Crippen LogP contribution in [0.2, 0.25) is 0 Å². The van der Waals surface area contributed by atoms with Gasteiger partial charge in [-0.05, 0) is 56.6 Å². The summed E-state index contributed by atoms with van der Waals surface area (Å²) >= 11 is 0. The van der Waals surface area contributed by atoms with E-state index in [-0.39, 0.29) is 0 Å². The number of phenols is 1. The molecule has 0 unspecified atom stereocenters. The predicted octanol–water partition coefficient (Wildman–Crippen LogP) is 1.62. The van der Waals surface area contributed by atoms with Crippen molar-refractivity contribution in [3.63, 3.8) is 0 Å². The number of rotatable bonds is 6. The number of benzene rings is 1. The van der Waals surface area contributed by atoms with E-state index < -0.39 is 0 Å². The van der Waals surface area contributed by atoms with E-state index in [0.717, 1.165) is 44.0 Å². The van der Waals surface area contributed by atoms with Crippen molar-refractivity contribution in [1.82, 2.24) is 25.2 Å². The maximum Gasteiger partial charge on any atom is 0.115 e. The highest BCUT2D eigenvalue weighted by molar-refractivity contribution is 5.26. The Hall–Kier alpha value is -1.92. The molecule has 0 aliphatic carbocycles. The normalized spacial score (nSPS) is 18.4. The van der Waals surface area contributed by atoms with Crippen LogP contribution in [0.15, 0.2) is 30.5 Å². The number of nitrogens with zero attached hydrogens (tertiary/aromatic N) is 4. The van der Waals surface area contributed by atoms with E-state index in [4.69, 9.17) is 0 Å². The molecule has 1 atom stereocenters. The van der Waals surface area contributed by atoms with Crippen LogP contribution in [0.25, 0.3) is 0 Å². The molecule has 23 heavy (non-hydrogen) atoms. The van der Waals surface area contributed by atoms with Crippen LogP contribution < -0.4 is 5.32 Å². The number of nitrogens with one attached hydrogen (secondary N) is 1. The Morgan fingerprint density at radius 1 is 1.39 bits per heavy atom. The quantitative estimate of drug-likeness (QED) is 0.848. The predicted molar refractivity (Wildman–Crippen MR) is 88.9 cm³/mol. The minimum absolute atomic E-state index is 0.308. The number of phenolic OH excluding ortho intramolecular Hbond substituents is 1. The van der Waals surface area contributed by atoms with Crippen molar-refractivity contribution in [3.8, 4) is 5.75 Å². The summed E-state index contributed by atoms with van der Waals surface area (Å²) in [4.78, 5) is 2.17. The zero-order valence-corrected chi connectivity index (χ0v) is 13.6. The Kier molecular flexibility index (Phi) is 5.25. The second-order valence-electron chi connectivity index (χ2n) is 6.49. The Morgan fingerprint density at radius 3 is 3.09 bits per heavy atom. The van der Waals surface area contributed by atoms with Crippen LogP contribution in [0.1, 0.15) is 24.1 Å². The SMILES string of the molecule is CN(Cc1cccc(O)c1)Cc1cn(C[C@@H]2CCCNC2)nn1. The van der Waals surface area contributed by atoms with Crippen molar-refractivity contribution in [1.29, 1.82) is 0 Å². The number of hydrogen-bond donors (Lipinski definition) is 2. The van der Waals surface area contributed by atoms with Crippen LogP contribution in [0.4, 0.5) is 0 Å². The molecule has 3 rings (SSSR count). The van der Waals surface area contributed by atoms with Crippen LogP contribution in [-0.2, 0) is 19.6 Å². The Bertz CT molecular complexity index is 621. The molecule has 6 heteroatoms. The number of aromatic nitrogens is 3. The van der Waals surface area contributed by atoms with Crippen molar-refractivity contribution in [3.05, 3.63) is 41.7 Å². The molecule has 1 aliphatic rings. The lowest BCUT2D eigenvalue weighted by Crippen LogP contribution is -2.32. The van der Waals surface area contributed by atoms with Gasteiger partial charge in [0, 0.05) is 25.8 Å². The van der Waals surface area contributed by atoms with E-state index in [2.05, 4.69) is 20.5 Å². The Balaban J connectivity index is 1.51.